The molecular formula is C16H19ClN2O6. The van der Waals surface area contributed by atoms with Crippen molar-refractivity contribution >= 4 is 35.5 Å². The van der Waals surface area contributed by atoms with Crippen molar-refractivity contribution < 1.29 is 28.6 Å². The number of methoxy groups -OCH3 is 2. The summed E-state index contributed by atoms with van der Waals surface area (Å²) in [6.07, 6.45) is 2.60. The number of benzene rings is 1. The molecule has 0 spiro atoms. The number of nitrogens with one attached hydrogen (secondary N) is 2. The molecule has 0 aliphatic heterocycles. The molecule has 1 aromatic rings. The molecule has 0 fully saturated rings. The molecule has 136 valence electrons. The van der Waals surface area contributed by atoms with Crippen molar-refractivity contribution in [1.82, 2.24) is 10.6 Å². The Morgan fingerprint density at radius 3 is 2.48 bits per heavy atom. The van der Waals surface area contributed by atoms with Crippen molar-refractivity contribution in [2.45, 2.75) is 0 Å². The van der Waals surface area contributed by atoms with Crippen LogP contribution in [0.3, 0.4) is 0 Å². The van der Waals surface area contributed by atoms with Crippen LogP contribution in [0.25, 0.3) is 6.08 Å². The summed E-state index contributed by atoms with van der Waals surface area (Å²) in [5, 5.41) is 4.96. The number of rotatable bonds is 8. The van der Waals surface area contributed by atoms with Gasteiger partial charge in [0.15, 0.2) is 18.1 Å². The fourth-order valence-electron chi connectivity index (χ4n) is 1.70. The van der Waals surface area contributed by atoms with E-state index in [1.807, 2.05) is 0 Å². The fraction of sp³-hybridized carbons (Fsp3) is 0.312. The third-order valence-electron chi connectivity index (χ3n) is 2.94. The van der Waals surface area contributed by atoms with E-state index in [1.165, 1.54) is 27.3 Å². The Labute approximate surface area is 150 Å². The van der Waals surface area contributed by atoms with Crippen molar-refractivity contribution in [2.24, 2.45) is 0 Å². The average molecular weight is 371 g/mol. The number of halogens is 1. The number of amides is 2. The number of esters is 1. The SMILES string of the molecule is CNC(=O)CNC(=O)COC(=O)/C=C/c1cc(Cl)c(OC)c(OC)c1. The minimum absolute atomic E-state index is 0.188. The van der Waals surface area contributed by atoms with Crippen molar-refractivity contribution in [3.8, 4) is 11.5 Å². The van der Waals surface area contributed by atoms with Crippen LogP contribution < -0.4 is 20.1 Å². The lowest BCUT2D eigenvalue weighted by atomic mass is 10.2. The first-order valence-corrected chi connectivity index (χ1v) is 7.52. The summed E-state index contributed by atoms with van der Waals surface area (Å²) >= 11 is 6.06. The highest BCUT2D eigenvalue weighted by Gasteiger charge is 2.10. The van der Waals surface area contributed by atoms with Crippen LogP contribution in [0.15, 0.2) is 18.2 Å². The van der Waals surface area contributed by atoms with Gasteiger partial charge < -0.3 is 24.8 Å². The lowest BCUT2D eigenvalue weighted by Crippen LogP contribution is -2.37. The van der Waals surface area contributed by atoms with Crippen molar-refractivity contribution in [2.75, 3.05) is 34.4 Å². The summed E-state index contributed by atoms with van der Waals surface area (Å²) in [7, 11) is 4.37. The normalized spacial score (nSPS) is 10.2. The monoisotopic (exact) mass is 370 g/mol. The van der Waals surface area contributed by atoms with Crippen LogP contribution in [0.4, 0.5) is 0 Å². The van der Waals surface area contributed by atoms with E-state index in [1.54, 1.807) is 12.1 Å². The highest BCUT2D eigenvalue weighted by Crippen LogP contribution is 2.36. The van der Waals surface area contributed by atoms with Gasteiger partial charge in [0, 0.05) is 13.1 Å². The van der Waals surface area contributed by atoms with Gasteiger partial charge in [-0.05, 0) is 23.8 Å². The average Bonchev–Trinajstić information content (AvgIpc) is 2.61. The summed E-state index contributed by atoms with van der Waals surface area (Å²) in [5.74, 6) is -0.862. The standard InChI is InChI=1S/C16H19ClN2O6/c1-18-13(20)8-19-14(21)9-25-15(22)5-4-10-6-11(17)16(24-3)12(7-10)23-2/h4-7H,8-9H2,1-3H3,(H,18,20)(H,19,21)/b5-4+. The topological polar surface area (TPSA) is 103 Å². The minimum atomic E-state index is -0.721. The molecule has 8 nitrogen and oxygen atoms in total. The van der Waals surface area contributed by atoms with Gasteiger partial charge >= 0.3 is 5.97 Å². The summed E-state index contributed by atoms with van der Waals surface area (Å²) in [5.41, 5.74) is 0.587. The maximum atomic E-state index is 11.6. The second kappa shape index (κ2) is 10.2. The van der Waals surface area contributed by atoms with Gasteiger partial charge in [0.1, 0.15) is 0 Å². The minimum Gasteiger partial charge on any atom is -0.493 e. The summed E-state index contributed by atoms with van der Waals surface area (Å²) in [4.78, 5) is 34.0. The van der Waals surface area contributed by atoms with Gasteiger partial charge in [0.2, 0.25) is 5.91 Å². The smallest absolute Gasteiger partial charge is 0.331 e. The van der Waals surface area contributed by atoms with E-state index in [0.717, 1.165) is 6.08 Å². The Balaban J connectivity index is 2.58. The zero-order valence-electron chi connectivity index (χ0n) is 14.1. The van der Waals surface area contributed by atoms with Crippen LogP contribution in [0.1, 0.15) is 5.56 Å². The number of carbonyl (C=O) groups is 3. The molecule has 2 N–H and O–H groups in total. The molecule has 0 bridgehead atoms. The van der Waals surface area contributed by atoms with Crippen LogP contribution in [0.5, 0.6) is 11.5 Å². The van der Waals surface area contributed by atoms with Crippen molar-refractivity contribution in [3.63, 3.8) is 0 Å². The number of hydrogen-bond acceptors (Lipinski definition) is 6. The molecule has 0 saturated heterocycles. The van der Waals surface area contributed by atoms with Crippen LogP contribution in [-0.4, -0.2) is 52.2 Å². The molecule has 0 aromatic heterocycles. The quantitative estimate of drug-likeness (QED) is 0.517. The summed E-state index contributed by atoms with van der Waals surface area (Å²) < 4.78 is 15.0. The molecular weight excluding hydrogens is 352 g/mol. The molecule has 0 unspecified atom stereocenters. The third-order valence-corrected chi connectivity index (χ3v) is 3.22. The predicted molar refractivity (Wildman–Crippen MR) is 91.6 cm³/mol. The molecule has 25 heavy (non-hydrogen) atoms. The highest BCUT2D eigenvalue weighted by atomic mass is 35.5. The summed E-state index contributed by atoms with van der Waals surface area (Å²) in [6, 6.07) is 3.22. The fourth-order valence-corrected chi connectivity index (χ4v) is 2.00. The van der Waals surface area contributed by atoms with Gasteiger partial charge in [-0.1, -0.05) is 11.6 Å². The first-order valence-electron chi connectivity index (χ1n) is 7.14. The second-order valence-corrected chi connectivity index (χ2v) is 5.04. The van der Waals surface area contributed by atoms with E-state index in [0.29, 0.717) is 22.1 Å². The Morgan fingerprint density at radius 1 is 1.16 bits per heavy atom. The largest absolute Gasteiger partial charge is 0.493 e. The lowest BCUT2D eigenvalue weighted by Gasteiger charge is -2.10. The van der Waals surface area contributed by atoms with Gasteiger partial charge in [-0.2, -0.15) is 0 Å². The number of likely N-dealkylation sites (N-methyl/N-ethyl adjacent to an activating group) is 1. The molecule has 2 amide bonds. The van der Waals surface area contributed by atoms with Gasteiger partial charge in [-0.3, -0.25) is 9.59 Å². The third kappa shape index (κ3) is 6.72. The Kier molecular flexibility index (Phi) is 8.28. The van der Waals surface area contributed by atoms with Crippen LogP contribution in [0.2, 0.25) is 5.02 Å². The molecule has 1 rings (SSSR count). The molecule has 0 saturated carbocycles. The number of carbonyl (C=O) groups excluding carboxylic acids is 3. The Hall–Kier alpha value is -2.74. The maximum Gasteiger partial charge on any atom is 0.331 e. The van der Waals surface area contributed by atoms with Crippen molar-refractivity contribution in [3.05, 3.63) is 28.8 Å². The number of ether oxygens (including phenoxy) is 3. The molecule has 0 atom stereocenters. The zero-order chi connectivity index (χ0) is 18.8. The molecule has 0 radical (unpaired) electrons. The Morgan fingerprint density at radius 2 is 1.88 bits per heavy atom. The van der Waals surface area contributed by atoms with E-state index in [2.05, 4.69) is 10.6 Å². The van der Waals surface area contributed by atoms with Crippen LogP contribution >= 0.6 is 11.6 Å². The van der Waals surface area contributed by atoms with Gasteiger partial charge in [-0.25, -0.2) is 4.79 Å². The van der Waals surface area contributed by atoms with E-state index < -0.39 is 18.5 Å². The molecule has 0 aliphatic rings. The maximum absolute atomic E-state index is 11.6. The van der Waals surface area contributed by atoms with Crippen molar-refractivity contribution in [1.29, 1.82) is 0 Å². The molecule has 9 heteroatoms. The Bertz CT molecular complexity index is 675. The van der Waals surface area contributed by atoms with Gasteiger partial charge in [0.25, 0.3) is 5.91 Å². The summed E-state index contributed by atoms with van der Waals surface area (Å²) in [6.45, 7) is -0.681. The van der Waals surface area contributed by atoms with Crippen LogP contribution in [-0.2, 0) is 19.1 Å². The second-order valence-electron chi connectivity index (χ2n) is 4.63. The van der Waals surface area contributed by atoms with Gasteiger partial charge in [0.05, 0.1) is 25.8 Å². The van der Waals surface area contributed by atoms with E-state index in [-0.39, 0.29) is 12.5 Å². The zero-order valence-corrected chi connectivity index (χ0v) is 14.8. The molecule has 0 aliphatic carbocycles. The molecule has 1 aromatic carbocycles. The highest BCUT2D eigenvalue weighted by molar-refractivity contribution is 6.32. The van der Waals surface area contributed by atoms with Crippen LogP contribution in [0, 0.1) is 0 Å². The van der Waals surface area contributed by atoms with E-state index in [9.17, 15) is 14.4 Å². The lowest BCUT2D eigenvalue weighted by molar-refractivity contribution is -0.143. The van der Waals surface area contributed by atoms with E-state index in [4.69, 9.17) is 25.8 Å². The predicted octanol–water partition coefficient (Wildman–Crippen LogP) is 0.776. The molecule has 0 heterocycles. The first kappa shape index (κ1) is 20.3. The van der Waals surface area contributed by atoms with E-state index >= 15 is 0 Å². The van der Waals surface area contributed by atoms with Gasteiger partial charge in [-0.15, -0.1) is 0 Å². The first-order chi connectivity index (χ1) is 11.9. The number of hydrogen-bond donors (Lipinski definition) is 2.